The van der Waals surface area contributed by atoms with E-state index < -0.39 is 6.04 Å². The second kappa shape index (κ2) is 9.34. The molecule has 6 nitrogen and oxygen atoms in total. The zero-order valence-electron chi connectivity index (χ0n) is 13.3. The highest BCUT2D eigenvalue weighted by Gasteiger charge is 2.27. The molecule has 0 saturated carbocycles. The number of likely N-dealkylation sites (N-methyl/N-ethyl adjacent to an activating group) is 2. The third-order valence-corrected chi connectivity index (χ3v) is 3.33. The summed E-state index contributed by atoms with van der Waals surface area (Å²) in [5, 5.41) is 2.59. The van der Waals surface area contributed by atoms with E-state index in [-0.39, 0.29) is 17.7 Å². The molecule has 0 bridgehead atoms. The fraction of sp³-hybridized carbons (Fsp3) is 0.786. The number of carbonyl (C=O) groups excluding carboxylic acids is 2. The lowest BCUT2D eigenvalue weighted by atomic mass is 10.0. The average Bonchev–Trinajstić information content (AvgIpc) is 2.42. The van der Waals surface area contributed by atoms with Crippen molar-refractivity contribution in [2.24, 2.45) is 16.6 Å². The number of hydrogen-bond acceptors (Lipinski definition) is 3. The first-order valence-electron chi connectivity index (χ1n) is 7.09. The SMILES string of the molecule is CC[C@@H](C(=O)NC)N(C)C(=O)[C@@H](C)CCCN=C(C)N. The fourth-order valence-electron chi connectivity index (χ4n) is 2.08. The highest BCUT2D eigenvalue weighted by molar-refractivity contribution is 5.88. The Morgan fingerprint density at radius 3 is 2.45 bits per heavy atom. The maximum atomic E-state index is 12.3. The number of rotatable bonds is 8. The summed E-state index contributed by atoms with van der Waals surface area (Å²) in [6, 6.07) is -0.403. The summed E-state index contributed by atoms with van der Waals surface area (Å²) in [5.41, 5.74) is 5.45. The number of carbonyl (C=O) groups is 2. The summed E-state index contributed by atoms with van der Waals surface area (Å²) >= 11 is 0. The van der Waals surface area contributed by atoms with E-state index in [1.54, 1.807) is 25.9 Å². The van der Waals surface area contributed by atoms with Gasteiger partial charge in [0.2, 0.25) is 11.8 Å². The number of amides is 2. The van der Waals surface area contributed by atoms with E-state index in [0.29, 0.717) is 18.8 Å². The monoisotopic (exact) mass is 284 g/mol. The number of nitrogens with two attached hydrogens (primary N) is 1. The van der Waals surface area contributed by atoms with E-state index in [0.717, 1.165) is 12.8 Å². The molecule has 0 aliphatic carbocycles. The molecule has 0 heterocycles. The predicted octanol–water partition coefficient (Wildman–Crippen LogP) is 0.763. The Balaban J connectivity index is 4.40. The topological polar surface area (TPSA) is 87.8 Å². The van der Waals surface area contributed by atoms with Gasteiger partial charge in [0.05, 0.1) is 5.84 Å². The molecule has 0 spiro atoms. The lowest BCUT2D eigenvalue weighted by Gasteiger charge is -2.28. The molecule has 6 heteroatoms. The molecule has 0 radical (unpaired) electrons. The van der Waals surface area contributed by atoms with Crippen LogP contribution in [-0.4, -0.2) is 49.2 Å². The first-order valence-corrected chi connectivity index (χ1v) is 7.09. The maximum Gasteiger partial charge on any atom is 0.242 e. The van der Waals surface area contributed by atoms with Crippen molar-refractivity contribution in [3.63, 3.8) is 0 Å². The molecule has 0 rings (SSSR count). The van der Waals surface area contributed by atoms with Gasteiger partial charge in [-0.3, -0.25) is 14.6 Å². The summed E-state index contributed by atoms with van der Waals surface area (Å²) in [4.78, 5) is 29.6. The first-order chi connectivity index (χ1) is 9.34. The number of aliphatic imine (C=N–C) groups is 1. The molecule has 0 saturated heterocycles. The molecule has 0 aromatic rings. The van der Waals surface area contributed by atoms with Gasteiger partial charge in [-0.25, -0.2) is 0 Å². The Labute approximate surface area is 121 Å². The zero-order chi connectivity index (χ0) is 15.7. The summed E-state index contributed by atoms with van der Waals surface area (Å²) < 4.78 is 0. The maximum absolute atomic E-state index is 12.3. The van der Waals surface area contributed by atoms with Crippen LogP contribution in [0.1, 0.15) is 40.0 Å². The van der Waals surface area contributed by atoms with Crippen LogP contribution in [0.3, 0.4) is 0 Å². The van der Waals surface area contributed by atoms with E-state index in [1.807, 2.05) is 13.8 Å². The van der Waals surface area contributed by atoms with Crippen molar-refractivity contribution in [1.82, 2.24) is 10.2 Å². The highest BCUT2D eigenvalue weighted by Crippen LogP contribution is 2.13. The molecular weight excluding hydrogens is 256 g/mol. The minimum Gasteiger partial charge on any atom is -0.388 e. The molecule has 3 N–H and O–H groups in total. The highest BCUT2D eigenvalue weighted by atomic mass is 16.2. The van der Waals surface area contributed by atoms with Crippen LogP contribution in [0.2, 0.25) is 0 Å². The molecular formula is C14H28N4O2. The quantitative estimate of drug-likeness (QED) is 0.392. The van der Waals surface area contributed by atoms with Gasteiger partial charge in [0.15, 0.2) is 0 Å². The van der Waals surface area contributed by atoms with Crippen LogP contribution in [0.4, 0.5) is 0 Å². The third kappa shape index (κ3) is 6.04. The molecule has 2 atom stereocenters. The van der Waals surface area contributed by atoms with Crippen LogP contribution in [0.25, 0.3) is 0 Å². The van der Waals surface area contributed by atoms with Crippen LogP contribution in [0.15, 0.2) is 4.99 Å². The second-order valence-corrected chi connectivity index (χ2v) is 5.05. The average molecular weight is 284 g/mol. The molecule has 0 aliphatic rings. The Morgan fingerprint density at radius 2 is 2.00 bits per heavy atom. The minimum absolute atomic E-state index is 0.00565. The van der Waals surface area contributed by atoms with Crippen LogP contribution < -0.4 is 11.1 Å². The van der Waals surface area contributed by atoms with E-state index in [9.17, 15) is 9.59 Å². The van der Waals surface area contributed by atoms with Gasteiger partial charge in [0.25, 0.3) is 0 Å². The summed E-state index contributed by atoms with van der Waals surface area (Å²) in [6.07, 6.45) is 2.15. The molecule has 0 unspecified atom stereocenters. The van der Waals surface area contributed by atoms with Crippen molar-refractivity contribution >= 4 is 17.6 Å². The van der Waals surface area contributed by atoms with Crippen molar-refractivity contribution in [2.75, 3.05) is 20.6 Å². The zero-order valence-corrected chi connectivity index (χ0v) is 13.3. The molecule has 0 aromatic heterocycles. The largest absolute Gasteiger partial charge is 0.388 e. The molecule has 0 fully saturated rings. The number of hydrogen-bond donors (Lipinski definition) is 2. The van der Waals surface area contributed by atoms with Crippen molar-refractivity contribution in [1.29, 1.82) is 0 Å². The summed E-state index contributed by atoms with van der Waals surface area (Å²) in [6.45, 7) is 6.16. The van der Waals surface area contributed by atoms with Crippen LogP contribution in [-0.2, 0) is 9.59 Å². The molecule has 20 heavy (non-hydrogen) atoms. The smallest absolute Gasteiger partial charge is 0.242 e. The number of nitrogens with one attached hydrogen (secondary N) is 1. The van der Waals surface area contributed by atoms with Gasteiger partial charge in [0.1, 0.15) is 6.04 Å². The number of nitrogens with zero attached hydrogens (tertiary/aromatic N) is 2. The lowest BCUT2D eigenvalue weighted by Crippen LogP contribution is -2.48. The van der Waals surface area contributed by atoms with Crippen LogP contribution >= 0.6 is 0 Å². The van der Waals surface area contributed by atoms with Crippen LogP contribution in [0, 0.1) is 5.92 Å². The first kappa shape index (κ1) is 18.4. The van der Waals surface area contributed by atoms with Gasteiger partial charge in [-0.1, -0.05) is 13.8 Å². The normalized spacial score (nSPS) is 14.6. The van der Waals surface area contributed by atoms with Crippen molar-refractivity contribution in [3.8, 4) is 0 Å². The van der Waals surface area contributed by atoms with E-state index in [4.69, 9.17) is 5.73 Å². The minimum atomic E-state index is -0.403. The summed E-state index contributed by atoms with van der Waals surface area (Å²) in [5.74, 6) is 0.312. The van der Waals surface area contributed by atoms with Crippen LogP contribution in [0.5, 0.6) is 0 Å². The Bertz CT molecular complexity index is 351. The van der Waals surface area contributed by atoms with E-state index in [2.05, 4.69) is 10.3 Å². The van der Waals surface area contributed by atoms with E-state index in [1.165, 1.54) is 0 Å². The van der Waals surface area contributed by atoms with E-state index >= 15 is 0 Å². The van der Waals surface area contributed by atoms with Gasteiger partial charge in [-0.15, -0.1) is 0 Å². The Kier molecular flexibility index (Phi) is 8.59. The van der Waals surface area contributed by atoms with Gasteiger partial charge in [-0.05, 0) is 26.2 Å². The molecule has 116 valence electrons. The Hall–Kier alpha value is -1.59. The van der Waals surface area contributed by atoms with Gasteiger partial charge in [-0.2, -0.15) is 0 Å². The molecule has 2 amide bonds. The predicted molar refractivity (Wildman–Crippen MR) is 81.5 cm³/mol. The fourth-order valence-corrected chi connectivity index (χ4v) is 2.08. The van der Waals surface area contributed by atoms with Gasteiger partial charge < -0.3 is 16.0 Å². The standard InChI is InChI=1S/C14H28N4O2/c1-6-12(13(19)16-4)18(5)14(20)10(2)8-7-9-17-11(3)15/h10,12H,6-9H2,1-5H3,(H2,15,17)(H,16,19)/t10-,12-/m0/s1. The van der Waals surface area contributed by atoms with Crippen molar-refractivity contribution in [3.05, 3.63) is 0 Å². The molecule has 0 aromatic carbocycles. The molecule has 0 aliphatic heterocycles. The van der Waals surface area contributed by atoms with Gasteiger partial charge >= 0.3 is 0 Å². The van der Waals surface area contributed by atoms with Crippen molar-refractivity contribution < 1.29 is 9.59 Å². The van der Waals surface area contributed by atoms with Gasteiger partial charge in [0, 0.05) is 26.6 Å². The second-order valence-electron chi connectivity index (χ2n) is 5.05. The third-order valence-electron chi connectivity index (χ3n) is 3.33. The summed E-state index contributed by atoms with van der Waals surface area (Å²) in [7, 11) is 3.27. The Morgan fingerprint density at radius 1 is 1.40 bits per heavy atom. The van der Waals surface area contributed by atoms with Crippen molar-refractivity contribution in [2.45, 2.75) is 46.1 Å². The lowest BCUT2D eigenvalue weighted by molar-refractivity contribution is -0.141. The number of amidine groups is 1.